The summed E-state index contributed by atoms with van der Waals surface area (Å²) in [6.45, 7) is 2.94. The first-order chi connectivity index (χ1) is 17.5. The van der Waals surface area contributed by atoms with Gasteiger partial charge in [0.1, 0.15) is 0 Å². The molecule has 1 amide bonds. The summed E-state index contributed by atoms with van der Waals surface area (Å²) in [6, 6.07) is 5.40. The molecule has 1 spiro atoms. The average Bonchev–Trinajstić information content (AvgIpc) is 3.22. The van der Waals surface area contributed by atoms with Crippen LogP contribution >= 0.6 is 11.6 Å². The number of hydrogen-bond acceptors (Lipinski definition) is 6. The van der Waals surface area contributed by atoms with E-state index in [2.05, 4.69) is 9.64 Å². The largest absolute Gasteiger partial charge is 0.434 e. The zero-order valence-corrected chi connectivity index (χ0v) is 21.9. The predicted octanol–water partition coefficient (Wildman–Crippen LogP) is 3.56. The molecule has 0 aliphatic carbocycles. The normalized spacial score (nSPS) is 21.3. The van der Waals surface area contributed by atoms with E-state index in [1.165, 1.54) is 10.6 Å². The van der Waals surface area contributed by atoms with E-state index in [1.54, 1.807) is 6.07 Å². The SMILES string of the molecule is CS(=O)(=O)N1CC2(CCN(c3cc(Cl)ccc3CN3CCN(C(=O)OC(C(F)(F)F)C(F)(F)F)CC3)C2)C1. The van der Waals surface area contributed by atoms with E-state index in [-0.39, 0.29) is 31.6 Å². The Morgan fingerprint density at radius 2 is 1.63 bits per heavy atom. The maximum Gasteiger partial charge on any atom is 0.434 e. The van der Waals surface area contributed by atoms with Crippen molar-refractivity contribution in [3.63, 3.8) is 0 Å². The number of sulfonamides is 1. The molecule has 0 bridgehead atoms. The van der Waals surface area contributed by atoms with Crippen LogP contribution in [0.3, 0.4) is 0 Å². The third-order valence-corrected chi connectivity index (χ3v) is 8.59. The molecule has 214 valence electrons. The lowest BCUT2D eigenvalue weighted by Crippen LogP contribution is -2.59. The van der Waals surface area contributed by atoms with E-state index < -0.39 is 34.6 Å². The summed E-state index contributed by atoms with van der Waals surface area (Å²) in [6.07, 6.45) is -15.4. The molecule has 0 atom stereocenters. The van der Waals surface area contributed by atoms with Crippen LogP contribution in [0.4, 0.5) is 36.8 Å². The van der Waals surface area contributed by atoms with E-state index in [0.717, 1.165) is 22.6 Å². The van der Waals surface area contributed by atoms with Crippen molar-refractivity contribution in [1.82, 2.24) is 14.1 Å². The zero-order chi connectivity index (χ0) is 28.1. The Kier molecular flexibility index (Phi) is 7.80. The third-order valence-electron chi connectivity index (χ3n) is 7.16. The number of alkyl halides is 6. The Bertz CT molecular complexity index is 1140. The molecule has 3 heterocycles. The lowest BCUT2D eigenvalue weighted by molar-refractivity contribution is -0.308. The highest BCUT2D eigenvalue weighted by Gasteiger charge is 2.60. The highest BCUT2D eigenvalue weighted by atomic mass is 35.5. The van der Waals surface area contributed by atoms with Gasteiger partial charge in [-0.2, -0.15) is 26.3 Å². The molecule has 3 aliphatic heterocycles. The average molecular weight is 593 g/mol. The van der Waals surface area contributed by atoms with Gasteiger partial charge in [0.25, 0.3) is 6.10 Å². The summed E-state index contributed by atoms with van der Waals surface area (Å²) in [5.74, 6) is 0. The van der Waals surface area contributed by atoms with Crippen molar-refractivity contribution in [1.29, 1.82) is 0 Å². The molecule has 0 radical (unpaired) electrons. The van der Waals surface area contributed by atoms with Crippen LogP contribution in [-0.4, -0.2) is 106 Å². The van der Waals surface area contributed by atoms with Crippen molar-refractivity contribution in [3.05, 3.63) is 28.8 Å². The van der Waals surface area contributed by atoms with Crippen LogP contribution in [0.2, 0.25) is 5.02 Å². The summed E-state index contributed by atoms with van der Waals surface area (Å²) < 4.78 is 105. The van der Waals surface area contributed by atoms with Crippen LogP contribution in [0.25, 0.3) is 0 Å². The topological polar surface area (TPSA) is 73.4 Å². The molecular weight excluding hydrogens is 566 g/mol. The van der Waals surface area contributed by atoms with Gasteiger partial charge in [0, 0.05) is 75.0 Å². The van der Waals surface area contributed by atoms with Gasteiger partial charge in [-0.25, -0.2) is 17.5 Å². The molecule has 4 rings (SSSR count). The van der Waals surface area contributed by atoms with E-state index in [4.69, 9.17) is 11.6 Å². The number of carbonyl (C=O) groups is 1. The summed E-state index contributed by atoms with van der Waals surface area (Å²) in [4.78, 5) is 17.0. The first kappa shape index (κ1) is 29.0. The molecular formula is C22H27ClF6N4O4S. The predicted molar refractivity (Wildman–Crippen MR) is 126 cm³/mol. The first-order valence-electron chi connectivity index (χ1n) is 11.8. The Hall–Kier alpha value is -1.97. The molecule has 0 saturated carbocycles. The number of nitrogens with zero attached hydrogens (tertiary/aromatic N) is 4. The van der Waals surface area contributed by atoms with Crippen LogP contribution in [0.5, 0.6) is 0 Å². The molecule has 1 aromatic carbocycles. The van der Waals surface area contributed by atoms with E-state index in [9.17, 15) is 39.6 Å². The van der Waals surface area contributed by atoms with Gasteiger partial charge < -0.3 is 14.5 Å². The minimum Gasteiger partial charge on any atom is -0.426 e. The Labute approximate surface area is 221 Å². The van der Waals surface area contributed by atoms with E-state index in [0.29, 0.717) is 37.7 Å². The number of carbonyl (C=O) groups excluding carboxylic acids is 1. The van der Waals surface area contributed by atoms with Crippen molar-refractivity contribution in [3.8, 4) is 0 Å². The second kappa shape index (κ2) is 10.2. The van der Waals surface area contributed by atoms with Gasteiger partial charge in [-0.05, 0) is 24.1 Å². The molecule has 0 N–H and O–H groups in total. The van der Waals surface area contributed by atoms with Gasteiger partial charge in [-0.1, -0.05) is 17.7 Å². The van der Waals surface area contributed by atoms with Crippen LogP contribution in [0.1, 0.15) is 12.0 Å². The number of benzene rings is 1. The van der Waals surface area contributed by atoms with Gasteiger partial charge in [0.05, 0.1) is 6.26 Å². The summed E-state index contributed by atoms with van der Waals surface area (Å²) in [5, 5.41) is 0.521. The quantitative estimate of drug-likeness (QED) is 0.487. The Balaban J connectivity index is 1.36. The molecule has 38 heavy (non-hydrogen) atoms. The zero-order valence-electron chi connectivity index (χ0n) is 20.4. The molecule has 0 unspecified atom stereocenters. The molecule has 3 saturated heterocycles. The van der Waals surface area contributed by atoms with Gasteiger partial charge in [-0.3, -0.25) is 4.90 Å². The summed E-state index contributed by atoms with van der Waals surface area (Å²) in [5.41, 5.74) is 1.67. The monoisotopic (exact) mass is 592 g/mol. The maximum absolute atomic E-state index is 12.7. The minimum atomic E-state index is -5.77. The Morgan fingerprint density at radius 3 is 2.18 bits per heavy atom. The van der Waals surface area contributed by atoms with Crippen LogP contribution in [-0.2, 0) is 21.3 Å². The van der Waals surface area contributed by atoms with Crippen LogP contribution < -0.4 is 4.90 Å². The van der Waals surface area contributed by atoms with E-state index in [1.807, 2.05) is 17.0 Å². The molecule has 8 nitrogen and oxygen atoms in total. The smallest absolute Gasteiger partial charge is 0.426 e. The van der Waals surface area contributed by atoms with Crippen molar-refractivity contribution >= 4 is 33.4 Å². The molecule has 0 aromatic heterocycles. The lowest BCUT2D eigenvalue weighted by Gasteiger charge is -2.46. The highest BCUT2D eigenvalue weighted by molar-refractivity contribution is 7.88. The van der Waals surface area contributed by atoms with E-state index >= 15 is 0 Å². The number of piperazine rings is 1. The highest BCUT2D eigenvalue weighted by Crippen LogP contribution is 2.43. The third kappa shape index (κ3) is 6.42. The fourth-order valence-corrected chi connectivity index (χ4v) is 6.31. The number of amides is 1. The number of halogens is 7. The molecule has 1 aromatic rings. The van der Waals surface area contributed by atoms with Gasteiger partial charge in [0.2, 0.25) is 10.0 Å². The maximum atomic E-state index is 12.7. The van der Waals surface area contributed by atoms with Crippen LogP contribution in [0, 0.1) is 5.41 Å². The van der Waals surface area contributed by atoms with Gasteiger partial charge in [-0.15, -0.1) is 0 Å². The second-order valence-corrected chi connectivity index (χ2v) is 12.5. The number of ether oxygens (including phenoxy) is 1. The van der Waals surface area contributed by atoms with Crippen molar-refractivity contribution in [2.24, 2.45) is 5.41 Å². The molecule has 16 heteroatoms. The minimum absolute atomic E-state index is 0.0989. The van der Waals surface area contributed by atoms with Crippen LogP contribution in [0.15, 0.2) is 18.2 Å². The number of hydrogen-bond donors (Lipinski definition) is 0. The second-order valence-electron chi connectivity index (χ2n) is 10.1. The van der Waals surface area contributed by atoms with Gasteiger partial charge in [0.15, 0.2) is 0 Å². The summed E-state index contributed by atoms with van der Waals surface area (Å²) >= 11 is 6.25. The molecule has 3 fully saturated rings. The molecule has 3 aliphatic rings. The number of anilines is 1. The van der Waals surface area contributed by atoms with Crippen molar-refractivity contribution < 1.29 is 44.3 Å². The van der Waals surface area contributed by atoms with Gasteiger partial charge >= 0.3 is 18.4 Å². The summed E-state index contributed by atoms with van der Waals surface area (Å²) in [7, 11) is -3.24. The van der Waals surface area contributed by atoms with Crippen molar-refractivity contribution in [2.45, 2.75) is 31.4 Å². The lowest BCUT2D eigenvalue weighted by atomic mass is 9.81. The Morgan fingerprint density at radius 1 is 1.03 bits per heavy atom. The fourth-order valence-electron chi connectivity index (χ4n) is 5.12. The first-order valence-corrected chi connectivity index (χ1v) is 14.0. The fraction of sp³-hybridized carbons (Fsp3) is 0.682. The standard InChI is InChI=1S/C22H27ClF6N4O4S/c1-38(35,36)33-13-20(14-33)4-5-32(12-20)17-10-16(23)3-2-15(17)11-30-6-8-31(9-7-30)19(34)37-18(21(24,25)26)22(27,28)29/h2-3,10,18H,4-9,11-14H2,1H3. The van der Waals surface area contributed by atoms with Crippen molar-refractivity contribution in [2.75, 3.05) is 63.5 Å². The number of rotatable bonds is 5.